The van der Waals surface area contributed by atoms with E-state index in [9.17, 15) is 4.79 Å². The largest absolute Gasteiger partial charge is 0.462 e. The molecule has 0 saturated heterocycles. The van der Waals surface area contributed by atoms with Gasteiger partial charge in [0.2, 0.25) is 0 Å². The number of aromatic nitrogens is 3. The van der Waals surface area contributed by atoms with Crippen molar-refractivity contribution < 1.29 is 9.90 Å². The van der Waals surface area contributed by atoms with Crippen molar-refractivity contribution in [2.24, 2.45) is 0 Å². The molecule has 0 amide bonds. The van der Waals surface area contributed by atoms with Crippen molar-refractivity contribution >= 4 is 22.0 Å². The van der Waals surface area contributed by atoms with E-state index >= 15 is 0 Å². The van der Waals surface area contributed by atoms with Gasteiger partial charge in [0.25, 0.3) is 0 Å². The van der Waals surface area contributed by atoms with Crippen molar-refractivity contribution in [2.75, 3.05) is 0 Å². The van der Waals surface area contributed by atoms with Gasteiger partial charge in [-0.1, -0.05) is 4.80 Å². The lowest BCUT2D eigenvalue weighted by atomic mass is 11.0. The summed E-state index contributed by atoms with van der Waals surface area (Å²) in [5.41, 5.74) is 0. The highest BCUT2D eigenvalue weighted by atomic mass is 79.9. The average Bonchev–Trinajstić information content (AvgIpc) is 2.14. The van der Waals surface area contributed by atoms with E-state index in [0.717, 1.165) is 0 Å². The van der Waals surface area contributed by atoms with Crippen LogP contribution in [0.3, 0.4) is 0 Å². The Morgan fingerprint density at radius 3 is 2.78 bits per heavy atom. The van der Waals surface area contributed by atoms with E-state index in [2.05, 4.69) is 26.1 Å². The fraction of sp³-hybridized carbons (Fsp3) is 0. The lowest BCUT2D eigenvalue weighted by molar-refractivity contribution is 0.188. The van der Waals surface area contributed by atoms with Crippen LogP contribution < -0.4 is 0 Å². The molecule has 1 heterocycles. The Labute approximate surface area is 58.4 Å². The molecule has 1 aromatic heterocycles. The van der Waals surface area contributed by atoms with E-state index in [0.29, 0.717) is 9.40 Å². The maximum absolute atomic E-state index is 10.0. The van der Waals surface area contributed by atoms with E-state index in [1.165, 1.54) is 6.20 Å². The third-order valence-corrected chi connectivity index (χ3v) is 0.998. The lowest BCUT2D eigenvalue weighted by Crippen LogP contribution is -2.10. The molecule has 0 aliphatic rings. The fourth-order valence-electron chi connectivity index (χ4n) is 0.337. The Hall–Kier alpha value is -0.910. The van der Waals surface area contributed by atoms with Gasteiger partial charge >= 0.3 is 6.09 Å². The van der Waals surface area contributed by atoms with E-state index in [1.54, 1.807) is 0 Å². The summed E-state index contributed by atoms with van der Waals surface area (Å²) in [6.07, 6.45) is 0.106. The highest BCUT2D eigenvalue weighted by Crippen LogP contribution is 1.99. The third-order valence-electron chi connectivity index (χ3n) is 0.635. The zero-order valence-electron chi connectivity index (χ0n) is 4.15. The van der Waals surface area contributed by atoms with Gasteiger partial charge in [-0.3, -0.25) is 0 Å². The molecule has 0 fully saturated rings. The van der Waals surface area contributed by atoms with Gasteiger partial charge in [0.15, 0.2) is 0 Å². The standard InChI is InChI=1S/C3H2BrN3O2/c4-2-1-5-7(6-2)3(8)9/h1H,(H,8,9). The van der Waals surface area contributed by atoms with Crippen molar-refractivity contribution in [1.29, 1.82) is 0 Å². The molecule has 0 spiro atoms. The summed E-state index contributed by atoms with van der Waals surface area (Å²) in [6, 6.07) is 0. The molecule has 0 unspecified atom stereocenters. The molecule has 0 aliphatic carbocycles. The first-order valence-corrected chi connectivity index (χ1v) is 2.80. The Bertz CT molecular complexity index is 233. The monoisotopic (exact) mass is 191 g/mol. The quantitative estimate of drug-likeness (QED) is 0.652. The molecule has 1 aromatic rings. The van der Waals surface area contributed by atoms with Crippen LogP contribution in [-0.2, 0) is 0 Å². The second-order valence-electron chi connectivity index (χ2n) is 1.24. The zero-order valence-corrected chi connectivity index (χ0v) is 5.74. The molecule has 0 saturated carbocycles. The number of nitrogens with zero attached hydrogens (tertiary/aromatic N) is 3. The number of rotatable bonds is 0. The van der Waals surface area contributed by atoms with Crippen molar-refractivity contribution in [3.05, 3.63) is 10.8 Å². The Morgan fingerprint density at radius 1 is 1.89 bits per heavy atom. The van der Waals surface area contributed by atoms with Crippen LogP contribution in [0.5, 0.6) is 0 Å². The molecule has 5 nitrogen and oxygen atoms in total. The topological polar surface area (TPSA) is 68.0 Å². The zero-order chi connectivity index (χ0) is 6.85. The third kappa shape index (κ3) is 1.26. The van der Waals surface area contributed by atoms with Gasteiger partial charge in [0.05, 0.1) is 6.20 Å². The summed E-state index contributed by atoms with van der Waals surface area (Å²) >= 11 is 2.94. The molecule has 0 atom stereocenters. The van der Waals surface area contributed by atoms with Gasteiger partial charge < -0.3 is 5.11 Å². The number of carbonyl (C=O) groups is 1. The number of hydrogen-bond donors (Lipinski definition) is 1. The van der Waals surface area contributed by atoms with Gasteiger partial charge in [-0.15, -0.1) is 10.2 Å². The second kappa shape index (κ2) is 2.14. The van der Waals surface area contributed by atoms with Gasteiger partial charge in [0.1, 0.15) is 4.60 Å². The molecule has 0 radical (unpaired) electrons. The summed E-state index contributed by atoms with van der Waals surface area (Å²) in [6.45, 7) is 0. The first-order chi connectivity index (χ1) is 4.20. The first kappa shape index (κ1) is 6.21. The summed E-state index contributed by atoms with van der Waals surface area (Å²) in [5.74, 6) is 0. The SMILES string of the molecule is O=C(O)n1ncc(Br)n1. The maximum atomic E-state index is 10.0. The molecule has 9 heavy (non-hydrogen) atoms. The van der Waals surface area contributed by atoms with Crippen LogP contribution in [0.2, 0.25) is 0 Å². The van der Waals surface area contributed by atoms with Gasteiger partial charge in [0, 0.05) is 0 Å². The van der Waals surface area contributed by atoms with E-state index in [4.69, 9.17) is 5.11 Å². The van der Waals surface area contributed by atoms with Crippen LogP contribution in [-0.4, -0.2) is 26.2 Å². The molecule has 6 heteroatoms. The molecule has 0 aliphatic heterocycles. The van der Waals surface area contributed by atoms with Crippen LogP contribution >= 0.6 is 15.9 Å². The summed E-state index contributed by atoms with van der Waals surface area (Å²) in [7, 11) is 0. The number of halogens is 1. The predicted octanol–water partition coefficient (Wildman–Crippen LogP) is 0.567. The van der Waals surface area contributed by atoms with Crippen LogP contribution in [0.1, 0.15) is 0 Å². The van der Waals surface area contributed by atoms with E-state index < -0.39 is 6.09 Å². The maximum Gasteiger partial charge on any atom is 0.449 e. The minimum atomic E-state index is -1.19. The predicted molar refractivity (Wildman–Crippen MR) is 31.1 cm³/mol. The smallest absolute Gasteiger partial charge is 0.449 e. The van der Waals surface area contributed by atoms with Gasteiger partial charge in [-0.05, 0) is 15.9 Å². The Balaban J connectivity index is 2.98. The van der Waals surface area contributed by atoms with Gasteiger partial charge in [-0.2, -0.15) is 0 Å². The van der Waals surface area contributed by atoms with Crippen LogP contribution in [0.15, 0.2) is 10.8 Å². The van der Waals surface area contributed by atoms with Crippen LogP contribution in [0.25, 0.3) is 0 Å². The number of carboxylic acid groups (broad SMARTS) is 1. The molecule has 0 bridgehead atoms. The molecular formula is C3H2BrN3O2. The summed E-state index contributed by atoms with van der Waals surface area (Å²) in [5, 5.41) is 15.0. The minimum Gasteiger partial charge on any atom is -0.462 e. The fourth-order valence-corrected chi connectivity index (χ4v) is 0.578. The summed E-state index contributed by atoms with van der Waals surface area (Å²) in [4.78, 5) is 10.6. The van der Waals surface area contributed by atoms with E-state index in [1.807, 2.05) is 0 Å². The van der Waals surface area contributed by atoms with E-state index in [-0.39, 0.29) is 0 Å². The van der Waals surface area contributed by atoms with Crippen molar-refractivity contribution in [1.82, 2.24) is 15.0 Å². The number of hydrogen-bond acceptors (Lipinski definition) is 3. The van der Waals surface area contributed by atoms with Crippen molar-refractivity contribution in [2.45, 2.75) is 0 Å². The molecule has 1 N–H and O–H groups in total. The van der Waals surface area contributed by atoms with Crippen molar-refractivity contribution in [3.8, 4) is 0 Å². The molecule has 0 aromatic carbocycles. The average molecular weight is 192 g/mol. The molecular weight excluding hydrogens is 190 g/mol. The first-order valence-electron chi connectivity index (χ1n) is 2.01. The normalized spacial score (nSPS) is 9.44. The lowest BCUT2D eigenvalue weighted by Gasteiger charge is -1.83. The second-order valence-corrected chi connectivity index (χ2v) is 2.05. The van der Waals surface area contributed by atoms with Crippen LogP contribution in [0.4, 0.5) is 4.79 Å². The van der Waals surface area contributed by atoms with Gasteiger partial charge in [-0.25, -0.2) is 4.79 Å². The minimum absolute atomic E-state index is 0.407. The Kier molecular flexibility index (Phi) is 1.48. The highest BCUT2D eigenvalue weighted by Gasteiger charge is 2.01. The van der Waals surface area contributed by atoms with Crippen LogP contribution in [0, 0.1) is 0 Å². The summed E-state index contributed by atoms with van der Waals surface area (Å²) < 4.78 is 0.407. The Morgan fingerprint density at radius 2 is 2.56 bits per heavy atom. The van der Waals surface area contributed by atoms with Crippen molar-refractivity contribution in [3.63, 3.8) is 0 Å². The molecule has 48 valence electrons. The highest BCUT2D eigenvalue weighted by molar-refractivity contribution is 9.10. The molecule has 1 rings (SSSR count).